The summed E-state index contributed by atoms with van der Waals surface area (Å²) in [7, 11) is 0. The van der Waals surface area contributed by atoms with Crippen LogP contribution in [0.25, 0.3) is 0 Å². The van der Waals surface area contributed by atoms with E-state index in [9.17, 15) is 9.59 Å². The predicted octanol–water partition coefficient (Wildman–Crippen LogP) is 3.98. The third-order valence-corrected chi connectivity index (χ3v) is 6.21. The van der Waals surface area contributed by atoms with E-state index in [1.165, 1.54) is 0 Å². The van der Waals surface area contributed by atoms with Crippen LogP contribution in [0.15, 0.2) is 34.9 Å². The summed E-state index contributed by atoms with van der Waals surface area (Å²) >= 11 is 0. The van der Waals surface area contributed by atoms with Crippen LogP contribution in [0.1, 0.15) is 63.8 Å². The van der Waals surface area contributed by atoms with Crippen LogP contribution in [-0.2, 0) is 6.42 Å². The fraction of sp³-hybridized carbons (Fsp3) is 0.478. The molecular formula is C23H28N2O3. The molecule has 5 nitrogen and oxygen atoms in total. The van der Waals surface area contributed by atoms with E-state index < -0.39 is 0 Å². The number of likely N-dealkylation sites (tertiary alicyclic amines) is 1. The van der Waals surface area contributed by atoms with Gasteiger partial charge in [0.25, 0.3) is 11.8 Å². The molecule has 2 fully saturated rings. The molecule has 3 heterocycles. The maximum atomic E-state index is 13.4. The van der Waals surface area contributed by atoms with Gasteiger partial charge >= 0.3 is 0 Å². The molecule has 2 saturated heterocycles. The first-order chi connectivity index (χ1) is 13.5. The minimum Gasteiger partial charge on any atom is -0.468 e. The van der Waals surface area contributed by atoms with Crippen molar-refractivity contribution in [3.8, 4) is 0 Å². The molecule has 1 aromatic heterocycles. The van der Waals surface area contributed by atoms with Crippen molar-refractivity contribution in [3.63, 3.8) is 0 Å². The fourth-order valence-corrected chi connectivity index (χ4v) is 4.76. The Morgan fingerprint density at radius 2 is 1.71 bits per heavy atom. The number of hydrogen-bond donors (Lipinski definition) is 0. The van der Waals surface area contributed by atoms with E-state index in [4.69, 9.17) is 4.42 Å². The van der Waals surface area contributed by atoms with Gasteiger partial charge in [0.15, 0.2) is 0 Å². The second-order valence-electron chi connectivity index (χ2n) is 8.05. The molecule has 0 saturated carbocycles. The third kappa shape index (κ3) is 3.13. The van der Waals surface area contributed by atoms with E-state index in [1.54, 1.807) is 6.26 Å². The first-order valence-electron chi connectivity index (χ1n) is 10.3. The van der Waals surface area contributed by atoms with Crippen LogP contribution in [0.4, 0.5) is 0 Å². The summed E-state index contributed by atoms with van der Waals surface area (Å²) in [5.74, 6) is 0.913. The molecule has 28 heavy (non-hydrogen) atoms. The first kappa shape index (κ1) is 18.8. The fourth-order valence-electron chi connectivity index (χ4n) is 4.76. The normalized spacial score (nSPS) is 21.7. The van der Waals surface area contributed by atoms with Crippen LogP contribution in [0.5, 0.6) is 0 Å². The van der Waals surface area contributed by atoms with Gasteiger partial charge in [0.1, 0.15) is 5.76 Å². The lowest BCUT2D eigenvalue weighted by Crippen LogP contribution is -2.63. The Labute approximate surface area is 166 Å². The number of carbonyl (C=O) groups excluding carboxylic acids is 2. The number of piperidine rings is 1. The monoisotopic (exact) mass is 380 g/mol. The van der Waals surface area contributed by atoms with Crippen molar-refractivity contribution in [3.05, 3.63) is 58.5 Å². The maximum absolute atomic E-state index is 13.4. The lowest BCUT2D eigenvalue weighted by molar-refractivity contribution is 0.000837. The molecule has 0 N–H and O–H groups in total. The van der Waals surface area contributed by atoms with Gasteiger partial charge in [0.05, 0.1) is 23.9 Å². The molecular weight excluding hydrogens is 352 g/mol. The topological polar surface area (TPSA) is 53.8 Å². The number of benzene rings is 1. The summed E-state index contributed by atoms with van der Waals surface area (Å²) in [6, 6.07) is 7.89. The van der Waals surface area contributed by atoms with Crippen molar-refractivity contribution in [2.45, 2.75) is 58.5 Å². The van der Waals surface area contributed by atoms with Crippen molar-refractivity contribution < 1.29 is 14.0 Å². The van der Waals surface area contributed by atoms with Gasteiger partial charge in [-0.25, -0.2) is 0 Å². The number of rotatable bonds is 3. The molecule has 2 bridgehead atoms. The highest BCUT2D eigenvalue weighted by Gasteiger charge is 2.43. The Balaban J connectivity index is 1.59. The van der Waals surface area contributed by atoms with Gasteiger partial charge in [-0.15, -0.1) is 0 Å². The smallest absolute Gasteiger partial charge is 0.258 e. The summed E-state index contributed by atoms with van der Waals surface area (Å²) in [6.07, 6.45) is 5.38. The number of amides is 2. The molecule has 2 amide bonds. The molecule has 1 aromatic carbocycles. The van der Waals surface area contributed by atoms with Crippen molar-refractivity contribution in [1.82, 2.24) is 9.80 Å². The van der Waals surface area contributed by atoms with E-state index in [1.807, 2.05) is 54.8 Å². The minimum absolute atomic E-state index is 0.0702. The largest absolute Gasteiger partial charge is 0.468 e. The van der Waals surface area contributed by atoms with Gasteiger partial charge in [-0.2, -0.15) is 0 Å². The summed E-state index contributed by atoms with van der Waals surface area (Å²) in [6.45, 7) is 7.13. The van der Waals surface area contributed by atoms with Gasteiger partial charge in [0.2, 0.25) is 0 Å². The summed E-state index contributed by atoms with van der Waals surface area (Å²) in [4.78, 5) is 30.5. The second-order valence-corrected chi connectivity index (χ2v) is 8.05. The zero-order valence-electron chi connectivity index (χ0n) is 16.9. The SMILES string of the molecule is CCc1occ(C)c1C(=O)N1C2CCCC1CN(C(=O)c1ccccc1C)C2. The molecule has 2 unspecified atom stereocenters. The molecule has 4 rings (SSSR count). The number of nitrogens with zero attached hydrogens (tertiary/aromatic N) is 2. The number of fused-ring (bicyclic) bond motifs is 2. The van der Waals surface area contributed by atoms with Gasteiger partial charge in [-0.1, -0.05) is 25.1 Å². The quantitative estimate of drug-likeness (QED) is 0.809. The highest BCUT2D eigenvalue weighted by molar-refractivity contribution is 5.98. The number of piperazine rings is 1. The number of furan rings is 1. The molecule has 2 aromatic rings. The highest BCUT2D eigenvalue weighted by atomic mass is 16.3. The Morgan fingerprint density at radius 1 is 1.04 bits per heavy atom. The van der Waals surface area contributed by atoms with E-state index >= 15 is 0 Å². The Hall–Kier alpha value is -2.56. The third-order valence-electron chi connectivity index (χ3n) is 6.21. The van der Waals surface area contributed by atoms with Gasteiger partial charge in [0, 0.05) is 30.6 Å². The lowest BCUT2D eigenvalue weighted by Gasteiger charge is -2.50. The van der Waals surface area contributed by atoms with Crippen molar-refractivity contribution in [2.24, 2.45) is 0 Å². The summed E-state index contributed by atoms with van der Waals surface area (Å²) in [5, 5.41) is 0. The van der Waals surface area contributed by atoms with E-state index in [2.05, 4.69) is 0 Å². The van der Waals surface area contributed by atoms with Gasteiger partial charge in [-0.3, -0.25) is 9.59 Å². The molecule has 2 aliphatic heterocycles. The zero-order valence-corrected chi connectivity index (χ0v) is 16.9. The van der Waals surface area contributed by atoms with Crippen molar-refractivity contribution in [2.75, 3.05) is 13.1 Å². The van der Waals surface area contributed by atoms with Gasteiger partial charge < -0.3 is 14.2 Å². The number of hydrogen-bond acceptors (Lipinski definition) is 3. The number of carbonyl (C=O) groups is 2. The summed E-state index contributed by atoms with van der Waals surface area (Å²) in [5.41, 5.74) is 3.38. The lowest BCUT2D eigenvalue weighted by atomic mass is 9.89. The second kappa shape index (κ2) is 7.46. The Bertz CT molecular complexity index is 887. The predicted molar refractivity (Wildman–Crippen MR) is 108 cm³/mol. The average molecular weight is 380 g/mol. The Kier molecular flexibility index (Phi) is 5.00. The van der Waals surface area contributed by atoms with Crippen LogP contribution in [-0.4, -0.2) is 46.8 Å². The average Bonchev–Trinajstić information content (AvgIpc) is 3.07. The van der Waals surface area contributed by atoms with Crippen LogP contribution in [0.3, 0.4) is 0 Å². The van der Waals surface area contributed by atoms with Crippen molar-refractivity contribution >= 4 is 11.8 Å². The van der Waals surface area contributed by atoms with E-state index in [0.717, 1.165) is 47.3 Å². The van der Waals surface area contributed by atoms with Gasteiger partial charge in [-0.05, 0) is 44.7 Å². The van der Waals surface area contributed by atoms with Crippen LogP contribution < -0.4 is 0 Å². The van der Waals surface area contributed by atoms with E-state index in [-0.39, 0.29) is 23.9 Å². The van der Waals surface area contributed by atoms with Crippen molar-refractivity contribution in [1.29, 1.82) is 0 Å². The zero-order chi connectivity index (χ0) is 19.8. The van der Waals surface area contributed by atoms with Crippen LogP contribution in [0, 0.1) is 13.8 Å². The molecule has 2 atom stereocenters. The maximum Gasteiger partial charge on any atom is 0.258 e. The molecule has 2 aliphatic rings. The molecule has 0 aliphatic carbocycles. The first-order valence-corrected chi connectivity index (χ1v) is 10.3. The Morgan fingerprint density at radius 3 is 2.36 bits per heavy atom. The molecule has 148 valence electrons. The standard InChI is InChI=1S/C23H28N2O3/c1-4-20-21(16(3)14-28-20)23(27)25-17-9-7-10-18(25)13-24(12-17)22(26)19-11-6-5-8-15(19)2/h5-6,8,11,14,17-18H,4,7,9-10,12-13H2,1-3H3. The van der Waals surface area contributed by atoms with E-state index in [0.29, 0.717) is 19.5 Å². The minimum atomic E-state index is 0.0702. The molecule has 5 heteroatoms. The number of aryl methyl sites for hydroxylation is 3. The highest BCUT2D eigenvalue weighted by Crippen LogP contribution is 2.32. The molecule has 0 radical (unpaired) electrons. The summed E-state index contributed by atoms with van der Waals surface area (Å²) < 4.78 is 5.60. The van der Waals surface area contributed by atoms with Crippen LogP contribution >= 0.6 is 0 Å². The van der Waals surface area contributed by atoms with Crippen LogP contribution in [0.2, 0.25) is 0 Å². The molecule has 0 spiro atoms.